The highest BCUT2D eigenvalue weighted by Gasteiger charge is 2.43. The van der Waals surface area contributed by atoms with Crippen LogP contribution in [0, 0.1) is 5.92 Å². The van der Waals surface area contributed by atoms with Crippen LogP contribution in [0.25, 0.3) is 0 Å². The van der Waals surface area contributed by atoms with Crippen LogP contribution in [0.5, 0.6) is 23.0 Å². The SMILES string of the molecule is COc1ccc(OC)c(C2CN(C(=O)c3ccc4c(c3)OCO4)CC2C(=O)NC2CC2)c1. The van der Waals surface area contributed by atoms with Crippen molar-refractivity contribution in [1.82, 2.24) is 10.2 Å². The van der Waals surface area contributed by atoms with E-state index in [1.165, 1.54) is 0 Å². The Morgan fingerprint density at radius 3 is 2.56 bits per heavy atom. The third kappa shape index (κ3) is 3.81. The van der Waals surface area contributed by atoms with E-state index in [1.807, 2.05) is 18.2 Å². The molecule has 2 amide bonds. The number of nitrogens with zero attached hydrogens (tertiary/aromatic N) is 1. The highest BCUT2D eigenvalue weighted by molar-refractivity contribution is 5.96. The molecule has 2 unspecified atom stereocenters. The zero-order valence-electron chi connectivity index (χ0n) is 18.1. The fraction of sp³-hybridized carbons (Fsp3) is 0.417. The number of carbonyl (C=O) groups excluding carboxylic acids is 2. The number of ether oxygens (including phenoxy) is 4. The molecule has 2 aromatic carbocycles. The first-order valence-corrected chi connectivity index (χ1v) is 10.8. The summed E-state index contributed by atoms with van der Waals surface area (Å²) >= 11 is 0. The van der Waals surface area contributed by atoms with Crippen molar-refractivity contribution in [1.29, 1.82) is 0 Å². The van der Waals surface area contributed by atoms with Crippen molar-refractivity contribution in [2.24, 2.45) is 5.92 Å². The molecule has 0 aromatic heterocycles. The predicted molar refractivity (Wildman–Crippen MR) is 115 cm³/mol. The standard InChI is InChI=1S/C24H26N2O6/c1-29-16-6-8-20(30-2)17(10-16)18-11-26(12-19(18)23(27)25-15-4-5-15)24(28)14-3-7-21-22(9-14)32-13-31-21/h3,6-10,15,18-19H,4-5,11-13H2,1-2H3,(H,25,27). The van der Waals surface area contributed by atoms with Gasteiger partial charge >= 0.3 is 0 Å². The summed E-state index contributed by atoms with van der Waals surface area (Å²) in [4.78, 5) is 28.2. The third-order valence-electron chi connectivity index (χ3n) is 6.32. The molecule has 5 rings (SSSR count). The third-order valence-corrected chi connectivity index (χ3v) is 6.32. The molecule has 1 saturated heterocycles. The quantitative estimate of drug-likeness (QED) is 0.746. The molecule has 3 aliphatic rings. The Morgan fingerprint density at radius 2 is 1.81 bits per heavy atom. The van der Waals surface area contributed by atoms with E-state index in [2.05, 4.69) is 5.32 Å². The largest absolute Gasteiger partial charge is 0.497 e. The Labute approximate surface area is 186 Å². The second-order valence-corrected chi connectivity index (χ2v) is 8.38. The molecule has 0 radical (unpaired) electrons. The summed E-state index contributed by atoms with van der Waals surface area (Å²) < 4.78 is 21.8. The monoisotopic (exact) mass is 438 g/mol. The lowest BCUT2D eigenvalue weighted by Crippen LogP contribution is -2.36. The number of likely N-dealkylation sites (tertiary alicyclic amines) is 1. The van der Waals surface area contributed by atoms with Gasteiger partial charge in [-0.25, -0.2) is 0 Å². The molecule has 1 saturated carbocycles. The Balaban J connectivity index is 1.45. The molecule has 2 aromatic rings. The number of fused-ring (bicyclic) bond motifs is 1. The van der Waals surface area contributed by atoms with Crippen LogP contribution in [0.4, 0.5) is 0 Å². The van der Waals surface area contributed by atoms with Gasteiger partial charge in [0.05, 0.1) is 20.1 Å². The molecule has 32 heavy (non-hydrogen) atoms. The van der Waals surface area contributed by atoms with E-state index in [4.69, 9.17) is 18.9 Å². The van der Waals surface area contributed by atoms with Gasteiger partial charge in [0.25, 0.3) is 5.91 Å². The Kier molecular flexibility index (Phi) is 5.28. The molecule has 2 aliphatic heterocycles. The molecule has 0 spiro atoms. The van der Waals surface area contributed by atoms with Gasteiger partial charge in [-0.05, 0) is 49.2 Å². The van der Waals surface area contributed by atoms with E-state index >= 15 is 0 Å². The van der Waals surface area contributed by atoms with Crippen LogP contribution in [-0.2, 0) is 4.79 Å². The maximum Gasteiger partial charge on any atom is 0.254 e. The van der Waals surface area contributed by atoms with Gasteiger partial charge < -0.3 is 29.2 Å². The molecule has 1 N–H and O–H groups in total. The number of methoxy groups -OCH3 is 2. The Hall–Kier alpha value is -3.42. The molecule has 2 atom stereocenters. The second-order valence-electron chi connectivity index (χ2n) is 8.38. The van der Waals surface area contributed by atoms with E-state index in [-0.39, 0.29) is 36.5 Å². The van der Waals surface area contributed by atoms with Crippen molar-refractivity contribution in [3.8, 4) is 23.0 Å². The maximum atomic E-state index is 13.3. The molecular formula is C24H26N2O6. The lowest BCUT2D eigenvalue weighted by molar-refractivity contribution is -0.125. The fourth-order valence-electron chi connectivity index (χ4n) is 4.43. The minimum absolute atomic E-state index is 0.0247. The zero-order valence-corrected chi connectivity index (χ0v) is 18.1. The van der Waals surface area contributed by atoms with Gasteiger partial charge in [-0.1, -0.05) is 0 Å². The summed E-state index contributed by atoms with van der Waals surface area (Å²) in [6.45, 7) is 0.883. The highest BCUT2D eigenvalue weighted by Crippen LogP contribution is 2.41. The van der Waals surface area contributed by atoms with Gasteiger partial charge in [0.1, 0.15) is 11.5 Å². The Bertz CT molecular complexity index is 1050. The average molecular weight is 438 g/mol. The summed E-state index contributed by atoms with van der Waals surface area (Å²) in [5.74, 6) is 1.79. The first-order valence-electron chi connectivity index (χ1n) is 10.8. The van der Waals surface area contributed by atoms with Gasteiger partial charge in [0.15, 0.2) is 11.5 Å². The van der Waals surface area contributed by atoms with Crippen molar-refractivity contribution in [2.75, 3.05) is 34.1 Å². The van der Waals surface area contributed by atoms with Gasteiger partial charge in [-0.2, -0.15) is 0 Å². The summed E-state index contributed by atoms with van der Waals surface area (Å²) in [6, 6.07) is 11.0. The highest BCUT2D eigenvalue weighted by atomic mass is 16.7. The van der Waals surface area contributed by atoms with Gasteiger partial charge in [0, 0.05) is 36.2 Å². The van der Waals surface area contributed by atoms with E-state index < -0.39 is 0 Å². The van der Waals surface area contributed by atoms with Crippen molar-refractivity contribution < 1.29 is 28.5 Å². The van der Waals surface area contributed by atoms with Crippen LogP contribution in [0.2, 0.25) is 0 Å². The molecule has 8 nitrogen and oxygen atoms in total. The topological polar surface area (TPSA) is 86.3 Å². The lowest BCUT2D eigenvalue weighted by Gasteiger charge is -2.21. The van der Waals surface area contributed by atoms with Crippen molar-refractivity contribution in [2.45, 2.75) is 24.8 Å². The number of nitrogens with one attached hydrogen (secondary N) is 1. The molecule has 168 valence electrons. The predicted octanol–water partition coefficient (Wildman–Crippen LogP) is 2.57. The zero-order chi connectivity index (χ0) is 22.2. The number of benzene rings is 2. The van der Waals surface area contributed by atoms with E-state index in [1.54, 1.807) is 37.3 Å². The van der Waals surface area contributed by atoms with Crippen molar-refractivity contribution in [3.63, 3.8) is 0 Å². The van der Waals surface area contributed by atoms with Crippen LogP contribution >= 0.6 is 0 Å². The van der Waals surface area contributed by atoms with Gasteiger partial charge in [0.2, 0.25) is 12.7 Å². The van der Waals surface area contributed by atoms with E-state index in [9.17, 15) is 9.59 Å². The first kappa shape index (κ1) is 20.5. The molecule has 8 heteroatoms. The van der Waals surface area contributed by atoms with Gasteiger partial charge in [-0.15, -0.1) is 0 Å². The summed E-state index contributed by atoms with van der Waals surface area (Å²) in [7, 11) is 3.21. The van der Waals surface area contributed by atoms with Crippen LogP contribution in [-0.4, -0.2) is 56.9 Å². The fourth-order valence-corrected chi connectivity index (χ4v) is 4.43. The number of amides is 2. The molecule has 2 fully saturated rings. The van der Waals surface area contributed by atoms with Gasteiger partial charge in [-0.3, -0.25) is 9.59 Å². The number of hydrogen-bond donors (Lipinski definition) is 1. The number of rotatable bonds is 6. The summed E-state index contributed by atoms with van der Waals surface area (Å²) in [5.41, 5.74) is 1.37. The lowest BCUT2D eigenvalue weighted by atomic mass is 9.87. The van der Waals surface area contributed by atoms with Crippen molar-refractivity contribution >= 4 is 11.8 Å². The normalized spacial score (nSPS) is 21.4. The molecule has 1 aliphatic carbocycles. The average Bonchev–Trinajstić information content (AvgIpc) is 3.33. The van der Waals surface area contributed by atoms with Crippen LogP contribution in [0.3, 0.4) is 0 Å². The summed E-state index contributed by atoms with van der Waals surface area (Å²) in [6.07, 6.45) is 2.01. The van der Waals surface area contributed by atoms with Crippen LogP contribution in [0.15, 0.2) is 36.4 Å². The number of carbonyl (C=O) groups is 2. The molecular weight excluding hydrogens is 412 g/mol. The van der Waals surface area contributed by atoms with Crippen LogP contribution < -0.4 is 24.3 Å². The maximum absolute atomic E-state index is 13.3. The van der Waals surface area contributed by atoms with Crippen LogP contribution in [0.1, 0.15) is 34.7 Å². The van der Waals surface area contributed by atoms with E-state index in [0.29, 0.717) is 41.7 Å². The minimum atomic E-state index is -0.380. The van der Waals surface area contributed by atoms with E-state index in [0.717, 1.165) is 18.4 Å². The Morgan fingerprint density at radius 1 is 1.00 bits per heavy atom. The molecule has 2 heterocycles. The van der Waals surface area contributed by atoms with Crippen molar-refractivity contribution in [3.05, 3.63) is 47.5 Å². The molecule has 0 bridgehead atoms. The second kappa shape index (κ2) is 8.26. The number of hydrogen-bond acceptors (Lipinski definition) is 6. The first-order chi connectivity index (χ1) is 15.6. The minimum Gasteiger partial charge on any atom is -0.497 e. The summed E-state index contributed by atoms with van der Waals surface area (Å²) in [5, 5.41) is 3.11. The smallest absolute Gasteiger partial charge is 0.254 e.